The second-order valence-corrected chi connectivity index (χ2v) is 21.3. The number of carbonyl (C=O) groups excluding carboxylic acids is 2. The van der Waals surface area contributed by atoms with Gasteiger partial charge in [-0.25, -0.2) is 0 Å². The zero-order valence-corrected chi connectivity index (χ0v) is 48.5. The molecule has 0 aliphatic carbocycles. The fraction of sp³-hybridized carbons (Fsp3) is 0.821. The highest BCUT2D eigenvalue weighted by Gasteiger charge is 2.17. The van der Waals surface area contributed by atoms with Gasteiger partial charge in [-0.2, -0.15) is 0 Å². The van der Waals surface area contributed by atoms with Crippen LogP contribution in [0, 0.1) is 0 Å². The second kappa shape index (κ2) is 62.9. The number of ether oxygens (including phenoxy) is 3. The predicted molar refractivity (Wildman–Crippen MR) is 316 cm³/mol. The molecule has 0 heterocycles. The Hall–Kier alpha value is -2.40. The van der Waals surface area contributed by atoms with Crippen LogP contribution < -0.4 is 0 Å². The van der Waals surface area contributed by atoms with E-state index in [1.54, 1.807) is 0 Å². The molecule has 0 N–H and O–H groups in total. The SMILES string of the molecule is CC/C=C\C/C=C\C/C=C\C/C=C\C/C=C\CCCC(=O)OC(COCCCCCCCCCCCCCCCCCCCCCC)COC(=O)CCCCCCCCCCCCCCCCCCCCC. The Morgan fingerprint density at radius 2 is 0.625 bits per heavy atom. The molecule has 0 aromatic heterocycles. The van der Waals surface area contributed by atoms with Crippen molar-refractivity contribution >= 4 is 11.9 Å². The summed E-state index contributed by atoms with van der Waals surface area (Å²) in [6.45, 7) is 7.73. The standard InChI is InChI=1S/C67H122O5/c1-4-7-10-13-16-19-22-25-28-31-33-35-38-41-44-47-50-53-56-59-62-70-63-65(72-67(69)61-58-55-52-49-46-43-40-36-30-27-24-21-18-15-12-9-6-3)64-71-66(68)60-57-54-51-48-45-42-39-37-34-32-29-26-23-20-17-14-11-8-5-2/h9,12,18,21,27,30,40,43,49,52,65H,4-8,10-11,13-17,19-20,22-26,28-29,31-39,41-42,44-48,50-51,53-64H2,1-3H3/b12-9-,21-18-,30-27-,43-40-,52-49-. The molecule has 0 rings (SSSR count). The van der Waals surface area contributed by atoms with Gasteiger partial charge < -0.3 is 14.2 Å². The minimum absolute atomic E-state index is 0.0672. The maximum atomic E-state index is 12.9. The zero-order chi connectivity index (χ0) is 52.0. The Kier molecular flexibility index (Phi) is 60.8. The molecule has 0 saturated heterocycles. The summed E-state index contributed by atoms with van der Waals surface area (Å²) in [5.74, 6) is -0.444. The van der Waals surface area contributed by atoms with Crippen molar-refractivity contribution in [3.05, 3.63) is 60.8 Å². The van der Waals surface area contributed by atoms with Crippen LogP contribution in [0.4, 0.5) is 0 Å². The lowest BCUT2D eigenvalue weighted by Gasteiger charge is -2.18. The Labute approximate surface area is 449 Å². The number of hydrogen-bond donors (Lipinski definition) is 0. The van der Waals surface area contributed by atoms with Crippen molar-refractivity contribution in [2.24, 2.45) is 0 Å². The van der Waals surface area contributed by atoms with Crippen LogP contribution in [0.3, 0.4) is 0 Å². The zero-order valence-electron chi connectivity index (χ0n) is 48.5. The monoisotopic (exact) mass is 1010 g/mol. The van der Waals surface area contributed by atoms with Crippen LogP contribution in [0.5, 0.6) is 0 Å². The maximum Gasteiger partial charge on any atom is 0.306 e. The molecule has 5 heteroatoms. The third-order valence-electron chi connectivity index (χ3n) is 14.1. The van der Waals surface area contributed by atoms with Crippen LogP contribution in [0.15, 0.2) is 60.8 Å². The van der Waals surface area contributed by atoms with Gasteiger partial charge in [0.15, 0.2) is 6.10 Å². The average molecular weight is 1010 g/mol. The molecule has 1 atom stereocenters. The quantitative estimate of drug-likeness (QED) is 0.0345. The normalized spacial score (nSPS) is 12.5. The largest absolute Gasteiger partial charge is 0.462 e. The van der Waals surface area contributed by atoms with Crippen molar-refractivity contribution in [1.82, 2.24) is 0 Å². The molecule has 0 spiro atoms. The van der Waals surface area contributed by atoms with Crippen LogP contribution in [-0.4, -0.2) is 37.9 Å². The van der Waals surface area contributed by atoms with Crippen LogP contribution in [-0.2, 0) is 23.8 Å². The first kappa shape index (κ1) is 69.6. The van der Waals surface area contributed by atoms with Crippen LogP contribution >= 0.6 is 0 Å². The highest BCUT2D eigenvalue weighted by Crippen LogP contribution is 2.17. The van der Waals surface area contributed by atoms with E-state index in [2.05, 4.69) is 81.5 Å². The number of esters is 2. The molecule has 0 radical (unpaired) electrons. The highest BCUT2D eigenvalue weighted by molar-refractivity contribution is 5.70. The number of carbonyl (C=O) groups is 2. The molecular formula is C67H122O5. The molecule has 0 aromatic carbocycles. The number of allylic oxidation sites excluding steroid dienone is 10. The first-order valence-corrected chi connectivity index (χ1v) is 31.8. The van der Waals surface area contributed by atoms with Gasteiger partial charge in [-0.05, 0) is 57.8 Å². The molecule has 420 valence electrons. The van der Waals surface area contributed by atoms with Gasteiger partial charge in [0.1, 0.15) is 6.61 Å². The van der Waals surface area contributed by atoms with Crippen LogP contribution in [0.25, 0.3) is 0 Å². The summed E-state index contributed by atoms with van der Waals surface area (Å²) in [7, 11) is 0. The predicted octanol–water partition coefficient (Wildman–Crippen LogP) is 22.0. The molecule has 0 saturated carbocycles. The van der Waals surface area contributed by atoms with E-state index in [1.807, 2.05) is 0 Å². The van der Waals surface area contributed by atoms with Crippen molar-refractivity contribution < 1.29 is 23.8 Å². The Bertz CT molecular complexity index is 1230. The first-order valence-electron chi connectivity index (χ1n) is 31.8. The van der Waals surface area contributed by atoms with Gasteiger partial charge >= 0.3 is 11.9 Å². The smallest absolute Gasteiger partial charge is 0.306 e. The summed E-state index contributed by atoms with van der Waals surface area (Å²) in [5, 5.41) is 0. The van der Waals surface area contributed by atoms with Gasteiger partial charge in [0.25, 0.3) is 0 Å². The summed E-state index contributed by atoms with van der Waals surface area (Å²) in [6, 6.07) is 0. The molecule has 0 fully saturated rings. The lowest BCUT2D eigenvalue weighted by molar-refractivity contribution is -0.162. The topological polar surface area (TPSA) is 61.8 Å². The van der Waals surface area contributed by atoms with E-state index in [0.29, 0.717) is 19.4 Å². The Morgan fingerprint density at radius 1 is 0.319 bits per heavy atom. The first-order chi connectivity index (χ1) is 35.6. The molecule has 0 aromatic rings. The summed E-state index contributed by atoms with van der Waals surface area (Å²) < 4.78 is 17.5. The van der Waals surface area contributed by atoms with E-state index < -0.39 is 6.10 Å². The fourth-order valence-electron chi connectivity index (χ4n) is 9.37. The maximum absolute atomic E-state index is 12.9. The fourth-order valence-corrected chi connectivity index (χ4v) is 9.37. The Balaban J connectivity index is 4.29. The van der Waals surface area contributed by atoms with Gasteiger partial charge in [-0.3, -0.25) is 9.59 Å². The second-order valence-electron chi connectivity index (χ2n) is 21.3. The molecule has 0 aliphatic rings. The summed E-state index contributed by atoms with van der Waals surface area (Å²) in [6.07, 6.45) is 81.3. The number of rotatable bonds is 59. The highest BCUT2D eigenvalue weighted by atomic mass is 16.6. The van der Waals surface area contributed by atoms with Gasteiger partial charge in [0.2, 0.25) is 0 Å². The van der Waals surface area contributed by atoms with E-state index in [-0.39, 0.29) is 25.2 Å². The molecule has 0 bridgehead atoms. The summed E-state index contributed by atoms with van der Waals surface area (Å²) in [5.41, 5.74) is 0. The molecule has 5 nitrogen and oxygen atoms in total. The molecule has 0 amide bonds. The van der Waals surface area contributed by atoms with Gasteiger partial charge in [0.05, 0.1) is 6.61 Å². The lowest BCUT2D eigenvalue weighted by Crippen LogP contribution is -2.30. The van der Waals surface area contributed by atoms with Gasteiger partial charge in [-0.15, -0.1) is 0 Å². The third-order valence-corrected chi connectivity index (χ3v) is 14.1. The number of unbranched alkanes of at least 4 members (excludes halogenated alkanes) is 38. The average Bonchev–Trinajstić information content (AvgIpc) is 3.38. The third kappa shape index (κ3) is 60.2. The van der Waals surface area contributed by atoms with Crippen molar-refractivity contribution in [2.75, 3.05) is 19.8 Å². The van der Waals surface area contributed by atoms with Crippen LogP contribution in [0.2, 0.25) is 0 Å². The Morgan fingerprint density at radius 3 is 0.986 bits per heavy atom. The van der Waals surface area contributed by atoms with Crippen molar-refractivity contribution in [3.8, 4) is 0 Å². The van der Waals surface area contributed by atoms with E-state index in [9.17, 15) is 9.59 Å². The number of hydrogen-bond acceptors (Lipinski definition) is 5. The molecule has 72 heavy (non-hydrogen) atoms. The minimum Gasteiger partial charge on any atom is -0.462 e. The summed E-state index contributed by atoms with van der Waals surface area (Å²) >= 11 is 0. The van der Waals surface area contributed by atoms with Crippen molar-refractivity contribution in [2.45, 2.75) is 335 Å². The van der Waals surface area contributed by atoms with Gasteiger partial charge in [-0.1, -0.05) is 319 Å². The van der Waals surface area contributed by atoms with E-state index in [0.717, 1.165) is 70.6 Å². The van der Waals surface area contributed by atoms with Crippen molar-refractivity contribution in [1.29, 1.82) is 0 Å². The van der Waals surface area contributed by atoms with E-state index in [4.69, 9.17) is 14.2 Å². The van der Waals surface area contributed by atoms with Crippen molar-refractivity contribution in [3.63, 3.8) is 0 Å². The summed E-state index contributed by atoms with van der Waals surface area (Å²) in [4.78, 5) is 25.6. The van der Waals surface area contributed by atoms with Gasteiger partial charge in [0, 0.05) is 19.4 Å². The lowest BCUT2D eigenvalue weighted by atomic mass is 10.0. The van der Waals surface area contributed by atoms with E-state index in [1.165, 1.54) is 225 Å². The molecule has 1 unspecified atom stereocenters. The molecular weight excluding hydrogens is 885 g/mol. The minimum atomic E-state index is -0.564. The van der Waals surface area contributed by atoms with E-state index >= 15 is 0 Å². The van der Waals surface area contributed by atoms with Crippen LogP contribution in [0.1, 0.15) is 329 Å². The molecule has 0 aliphatic heterocycles.